The van der Waals surface area contributed by atoms with E-state index in [9.17, 15) is 0 Å². The van der Waals surface area contributed by atoms with Crippen molar-refractivity contribution in [3.8, 4) is 0 Å². The lowest BCUT2D eigenvalue weighted by atomic mass is 10.1. The minimum absolute atomic E-state index is 0.182. The van der Waals surface area contributed by atoms with Crippen molar-refractivity contribution in [1.29, 1.82) is 0 Å². The molecule has 3 N–H and O–H groups in total. The minimum atomic E-state index is 0.182. The monoisotopic (exact) mass is 279 g/mol. The SMILES string of the molecule is CC1(C)CN(Cc2ccccc2/C(N)=N/O)CCS1. The minimum Gasteiger partial charge on any atom is -0.409 e. The Morgan fingerprint density at radius 3 is 2.89 bits per heavy atom. The van der Waals surface area contributed by atoms with Gasteiger partial charge in [0.1, 0.15) is 0 Å². The van der Waals surface area contributed by atoms with Gasteiger partial charge in [0.25, 0.3) is 0 Å². The highest BCUT2D eigenvalue weighted by atomic mass is 32.2. The van der Waals surface area contributed by atoms with Crippen LogP contribution in [-0.4, -0.2) is 39.5 Å². The first-order chi connectivity index (χ1) is 9.02. The number of hydrogen-bond donors (Lipinski definition) is 2. The maximum absolute atomic E-state index is 8.85. The van der Waals surface area contributed by atoms with E-state index in [-0.39, 0.29) is 5.84 Å². The molecule has 0 aliphatic carbocycles. The van der Waals surface area contributed by atoms with Gasteiger partial charge in [-0.15, -0.1) is 0 Å². The zero-order valence-electron chi connectivity index (χ0n) is 11.5. The fourth-order valence-electron chi connectivity index (χ4n) is 2.45. The zero-order chi connectivity index (χ0) is 13.9. The lowest BCUT2D eigenvalue weighted by Crippen LogP contribution is -2.42. The summed E-state index contributed by atoms with van der Waals surface area (Å²) in [5.74, 6) is 1.33. The summed E-state index contributed by atoms with van der Waals surface area (Å²) >= 11 is 2.02. The number of nitrogens with two attached hydrogens (primary N) is 1. The molecular weight excluding hydrogens is 258 g/mol. The summed E-state index contributed by atoms with van der Waals surface area (Å²) in [6.07, 6.45) is 0. The molecule has 1 saturated heterocycles. The molecule has 0 bridgehead atoms. The van der Waals surface area contributed by atoms with E-state index in [0.29, 0.717) is 4.75 Å². The number of oxime groups is 1. The molecule has 0 saturated carbocycles. The molecule has 1 fully saturated rings. The third-order valence-corrected chi connectivity index (χ3v) is 4.60. The van der Waals surface area contributed by atoms with Gasteiger partial charge in [0, 0.05) is 35.7 Å². The van der Waals surface area contributed by atoms with E-state index in [1.807, 2.05) is 36.0 Å². The van der Waals surface area contributed by atoms with Crippen molar-refractivity contribution >= 4 is 17.6 Å². The number of benzene rings is 1. The second-order valence-electron chi connectivity index (χ2n) is 5.46. The third-order valence-electron chi connectivity index (χ3n) is 3.30. The molecule has 4 nitrogen and oxygen atoms in total. The molecule has 0 aromatic heterocycles. The lowest BCUT2D eigenvalue weighted by Gasteiger charge is -2.37. The van der Waals surface area contributed by atoms with E-state index in [0.717, 1.165) is 36.5 Å². The highest BCUT2D eigenvalue weighted by Crippen LogP contribution is 2.30. The Bertz CT molecular complexity index is 474. The molecule has 5 heteroatoms. The molecule has 1 aromatic rings. The highest BCUT2D eigenvalue weighted by molar-refractivity contribution is 8.00. The smallest absolute Gasteiger partial charge is 0.170 e. The van der Waals surface area contributed by atoms with Crippen LogP contribution in [0.15, 0.2) is 29.4 Å². The Balaban J connectivity index is 2.15. The topological polar surface area (TPSA) is 61.8 Å². The van der Waals surface area contributed by atoms with Crippen LogP contribution in [0, 0.1) is 0 Å². The number of rotatable bonds is 3. The first kappa shape index (κ1) is 14.2. The average Bonchev–Trinajstić information content (AvgIpc) is 2.37. The van der Waals surface area contributed by atoms with Crippen molar-refractivity contribution < 1.29 is 5.21 Å². The van der Waals surface area contributed by atoms with E-state index in [2.05, 4.69) is 23.9 Å². The van der Waals surface area contributed by atoms with Gasteiger partial charge in [0.15, 0.2) is 5.84 Å². The van der Waals surface area contributed by atoms with E-state index in [4.69, 9.17) is 10.9 Å². The largest absolute Gasteiger partial charge is 0.409 e. The molecule has 1 aromatic carbocycles. The summed E-state index contributed by atoms with van der Waals surface area (Å²) in [5, 5.41) is 12.0. The van der Waals surface area contributed by atoms with Crippen LogP contribution in [0.5, 0.6) is 0 Å². The Labute approximate surface area is 118 Å². The van der Waals surface area contributed by atoms with Gasteiger partial charge in [-0.1, -0.05) is 29.4 Å². The van der Waals surface area contributed by atoms with Crippen LogP contribution < -0.4 is 5.73 Å². The molecule has 1 aliphatic heterocycles. The normalized spacial score (nSPS) is 20.4. The Hall–Kier alpha value is -1.20. The van der Waals surface area contributed by atoms with Crippen LogP contribution in [0.25, 0.3) is 0 Å². The van der Waals surface area contributed by atoms with Gasteiger partial charge in [0.2, 0.25) is 0 Å². The summed E-state index contributed by atoms with van der Waals surface area (Å²) in [4.78, 5) is 2.43. The van der Waals surface area contributed by atoms with Crippen molar-refractivity contribution in [3.63, 3.8) is 0 Å². The Kier molecular flexibility index (Phi) is 4.37. The van der Waals surface area contributed by atoms with Crippen molar-refractivity contribution in [2.75, 3.05) is 18.8 Å². The molecule has 0 atom stereocenters. The lowest BCUT2D eigenvalue weighted by molar-refractivity contribution is 0.252. The van der Waals surface area contributed by atoms with Gasteiger partial charge in [-0.25, -0.2) is 0 Å². The van der Waals surface area contributed by atoms with Gasteiger partial charge in [-0.3, -0.25) is 4.90 Å². The molecule has 1 aliphatic rings. The maximum atomic E-state index is 8.85. The molecule has 0 spiro atoms. The van der Waals surface area contributed by atoms with Gasteiger partial charge in [0.05, 0.1) is 0 Å². The number of amidine groups is 1. The van der Waals surface area contributed by atoms with Crippen LogP contribution in [0.2, 0.25) is 0 Å². The summed E-state index contributed by atoms with van der Waals surface area (Å²) in [7, 11) is 0. The summed E-state index contributed by atoms with van der Waals surface area (Å²) < 4.78 is 0.295. The van der Waals surface area contributed by atoms with Gasteiger partial charge in [-0.2, -0.15) is 11.8 Å². The first-order valence-corrected chi connectivity index (χ1v) is 7.42. The summed E-state index contributed by atoms with van der Waals surface area (Å²) in [5.41, 5.74) is 7.66. The summed E-state index contributed by atoms with van der Waals surface area (Å²) in [6, 6.07) is 7.84. The van der Waals surface area contributed by atoms with Gasteiger partial charge < -0.3 is 10.9 Å². The Morgan fingerprint density at radius 2 is 2.21 bits per heavy atom. The van der Waals surface area contributed by atoms with Gasteiger partial charge in [-0.05, 0) is 19.4 Å². The molecule has 0 radical (unpaired) electrons. The fourth-order valence-corrected chi connectivity index (χ4v) is 3.63. The van der Waals surface area contributed by atoms with Crippen molar-refractivity contribution in [2.24, 2.45) is 10.9 Å². The van der Waals surface area contributed by atoms with Crippen LogP contribution in [0.3, 0.4) is 0 Å². The molecule has 19 heavy (non-hydrogen) atoms. The van der Waals surface area contributed by atoms with Gasteiger partial charge >= 0.3 is 0 Å². The second-order valence-corrected chi connectivity index (χ2v) is 7.26. The Morgan fingerprint density at radius 1 is 1.47 bits per heavy atom. The van der Waals surface area contributed by atoms with Crippen molar-refractivity contribution in [2.45, 2.75) is 25.1 Å². The fraction of sp³-hybridized carbons (Fsp3) is 0.500. The van der Waals surface area contributed by atoms with Crippen LogP contribution in [0.4, 0.5) is 0 Å². The predicted octanol–water partition coefficient (Wildman–Crippen LogP) is 2.11. The molecule has 0 amide bonds. The zero-order valence-corrected chi connectivity index (χ0v) is 12.3. The van der Waals surface area contributed by atoms with E-state index < -0.39 is 0 Å². The van der Waals surface area contributed by atoms with Crippen LogP contribution in [-0.2, 0) is 6.54 Å². The quantitative estimate of drug-likeness (QED) is 0.385. The highest BCUT2D eigenvalue weighted by Gasteiger charge is 2.27. The first-order valence-electron chi connectivity index (χ1n) is 6.44. The van der Waals surface area contributed by atoms with Crippen molar-refractivity contribution in [3.05, 3.63) is 35.4 Å². The van der Waals surface area contributed by atoms with E-state index in [1.54, 1.807) is 0 Å². The number of nitrogens with zero attached hydrogens (tertiary/aromatic N) is 2. The molecular formula is C14H21N3OS. The number of thioether (sulfide) groups is 1. The second kappa shape index (κ2) is 5.84. The molecule has 2 rings (SSSR count). The van der Waals surface area contributed by atoms with Crippen LogP contribution >= 0.6 is 11.8 Å². The maximum Gasteiger partial charge on any atom is 0.170 e. The molecule has 104 valence electrons. The molecule has 0 unspecified atom stereocenters. The molecule has 1 heterocycles. The average molecular weight is 279 g/mol. The van der Waals surface area contributed by atoms with E-state index in [1.165, 1.54) is 0 Å². The van der Waals surface area contributed by atoms with Crippen molar-refractivity contribution in [1.82, 2.24) is 4.90 Å². The standard InChI is InChI=1S/C14H21N3OS/c1-14(2)10-17(7-8-19-14)9-11-5-3-4-6-12(11)13(15)16-18/h3-6,18H,7-10H2,1-2H3,(H2,15,16). The summed E-state index contributed by atoms with van der Waals surface area (Å²) in [6.45, 7) is 7.54. The van der Waals surface area contributed by atoms with Crippen LogP contribution in [0.1, 0.15) is 25.0 Å². The number of hydrogen-bond acceptors (Lipinski definition) is 4. The third kappa shape index (κ3) is 3.64. The van der Waals surface area contributed by atoms with E-state index >= 15 is 0 Å². The predicted molar refractivity (Wildman–Crippen MR) is 80.8 cm³/mol.